The SMILES string of the molecule is NC(CC1CCN1)C(=O)O. The molecule has 1 fully saturated rings. The van der Waals surface area contributed by atoms with Crippen molar-refractivity contribution in [2.24, 2.45) is 5.73 Å². The lowest BCUT2D eigenvalue weighted by Crippen LogP contribution is -2.48. The maximum atomic E-state index is 10.2. The van der Waals surface area contributed by atoms with Gasteiger partial charge in [0.25, 0.3) is 0 Å². The maximum absolute atomic E-state index is 10.2. The summed E-state index contributed by atoms with van der Waals surface area (Å²) in [5, 5.41) is 11.5. The van der Waals surface area contributed by atoms with Gasteiger partial charge in [0.15, 0.2) is 0 Å². The van der Waals surface area contributed by atoms with Gasteiger partial charge in [0.1, 0.15) is 6.04 Å². The minimum Gasteiger partial charge on any atom is -0.480 e. The highest BCUT2D eigenvalue weighted by atomic mass is 16.4. The normalized spacial score (nSPS) is 27.1. The molecule has 0 radical (unpaired) electrons. The second-order valence-electron chi connectivity index (χ2n) is 2.62. The van der Waals surface area contributed by atoms with E-state index in [0.717, 1.165) is 13.0 Å². The highest BCUT2D eigenvalue weighted by Crippen LogP contribution is 2.07. The number of rotatable bonds is 3. The molecule has 0 saturated carbocycles. The van der Waals surface area contributed by atoms with E-state index in [1.54, 1.807) is 0 Å². The predicted octanol–water partition coefficient (Wildman–Crippen LogP) is -0.850. The molecule has 1 aliphatic rings. The van der Waals surface area contributed by atoms with Gasteiger partial charge in [-0.1, -0.05) is 0 Å². The van der Waals surface area contributed by atoms with Crippen molar-refractivity contribution >= 4 is 5.97 Å². The second kappa shape index (κ2) is 2.98. The molecule has 4 N–H and O–H groups in total. The Morgan fingerprint density at radius 3 is 2.80 bits per heavy atom. The molecule has 0 bridgehead atoms. The van der Waals surface area contributed by atoms with Crippen molar-refractivity contribution in [1.29, 1.82) is 0 Å². The second-order valence-corrected chi connectivity index (χ2v) is 2.62. The first-order chi connectivity index (χ1) is 4.70. The van der Waals surface area contributed by atoms with Crippen LogP contribution in [-0.2, 0) is 4.79 Å². The monoisotopic (exact) mass is 144 g/mol. The Kier molecular flexibility index (Phi) is 2.24. The molecule has 0 aromatic rings. The highest BCUT2D eigenvalue weighted by Gasteiger charge is 2.22. The van der Waals surface area contributed by atoms with E-state index >= 15 is 0 Å². The number of aliphatic carboxylic acids is 1. The van der Waals surface area contributed by atoms with Gasteiger partial charge < -0.3 is 16.2 Å². The fourth-order valence-electron chi connectivity index (χ4n) is 0.957. The third-order valence-electron chi connectivity index (χ3n) is 1.78. The number of hydrogen-bond acceptors (Lipinski definition) is 3. The molecule has 10 heavy (non-hydrogen) atoms. The number of carboxylic acids is 1. The van der Waals surface area contributed by atoms with Crippen molar-refractivity contribution in [3.8, 4) is 0 Å². The molecule has 1 rings (SSSR count). The number of nitrogens with two attached hydrogens (primary N) is 1. The molecule has 0 aromatic heterocycles. The zero-order valence-electron chi connectivity index (χ0n) is 5.71. The number of nitrogens with one attached hydrogen (secondary N) is 1. The Morgan fingerprint density at radius 2 is 2.50 bits per heavy atom. The van der Waals surface area contributed by atoms with E-state index < -0.39 is 12.0 Å². The molecule has 2 atom stereocenters. The van der Waals surface area contributed by atoms with Gasteiger partial charge in [-0.15, -0.1) is 0 Å². The summed E-state index contributed by atoms with van der Waals surface area (Å²) >= 11 is 0. The molecule has 58 valence electrons. The maximum Gasteiger partial charge on any atom is 0.320 e. The zero-order chi connectivity index (χ0) is 7.56. The summed E-state index contributed by atoms with van der Waals surface area (Å²) < 4.78 is 0. The fourth-order valence-corrected chi connectivity index (χ4v) is 0.957. The summed E-state index contributed by atoms with van der Waals surface area (Å²) in [6.07, 6.45) is 1.61. The Bertz CT molecular complexity index is 134. The molecular formula is C6H12N2O2. The van der Waals surface area contributed by atoms with Crippen molar-refractivity contribution in [2.75, 3.05) is 6.54 Å². The molecule has 1 aliphatic heterocycles. The van der Waals surface area contributed by atoms with E-state index in [9.17, 15) is 4.79 Å². The van der Waals surface area contributed by atoms with Gasteiger partial charge in [0.05, 0.1) is 0 Å². The lowest BCUT2D eigenvalue weighted by atomic mass is 9.99. The Hall–Kier alpha value is -0.610. The van der Waals surface area contributed by atoms with Crippen LogP contribution in [0.2, 0.25) is 0 Å². The van der Waals surface area contributed by atoms with Gasteiger partial charge in [-0.25, -0.2) is 0 Å². The van der Waals surface area contributed by atoms with Crippen molar-refractivity contribution in [3.63, 3.8) is 0 Å². The average Bonchev–Trinajstić information content (AvgIpc) is 1.77. The average molecular weight is 144 g/mol. The topological polar surface area (TPSA) is 75.3 Å². The Labute approximate surface area is 59.4 Å². The summed E-state index contributed by atoms with van der Waals surface area (Å²) in [4.78, 5) is 10.2. The van der Waals surface area contributed by atoms with Gasteiger partial charge in [-0.3, -0.25) is 4.79 Å². The van der Waals surface area contributed by atoms with Gasteiger partial charge in [-0.2, -0.15) is 0 Å². The van der Waals surface area contributed by atoms with Gasteiger partial charge in [0, 0.05) is 6.04 Å². The van der Waals surface area contributed by atoms with Crippen molar-refractivity contribution in [3.05, 3.63) is 0 Å². The van der Waals surface area contributed by atoms with E-state index in [-0.39, 0.29) is 0 Å². The molecule has 0 aromatic carbocycles. The van der Waals surface area contributed by atoms with E-state index in [1.807, 2.05) is 0 Å². The fraction of sp³-hybridized carbons (Fsp3) is 0.833. The first-order valence-electron chi connectivity index (χ1n) is 3.42. The minimum absolute atomic E-state index is 0.339. The summed E-state index contributed by atoms with van der Waals surface area (Å²) in [5.41, 5.74) is 5.29. The quantitative estimate of drug-likeness (QED) is 0.482. The molecule has 4 heteroatoms. The lowest BCUT2D eigenvalue weighted by molar-refractivity contribution is -0.138. The first-order valence-corrected chi connectivity index (χ1v) is 3.42. The molecule has 0 spiro atoms. The number of hydrogen-bond donors (Lipinski definition) is 3. The zero-order valence-corrected chi connectivity index (χ0v) is 5.71. The molecule has 1 saturated heterocycles. The standard InChI is InChI=1S/C6H12N2O2/c7-5(6(9)10)3-4-1-2-8-4/h4-5,8H,1-3,7H2,(H,9,10). The van der Waals surface area contributed by atoms with Crippen LogP contribution in [0, 0.1) is 0 Å². The van der Waals surface area contributed by atoms with E-state index in [4.69, 9.17) is 10.8 Å². The van der Waals surface area contributed by atoms with Crippen LogP contribution in [0.25, 0.3) is 0 Å². The van der Waals surface area contributed by atoms with Crippen LogP contribution in [0.1, 0.15) is 12.8 Å². The van der Waals surface area contributed by atoms with Crippen LogP contribution in [0.15, 0.2) is 0 Å². The first kappa shape index (κ1) is 7.50. The summed E-state index contributed by atoms with van der Waals surface area (Å²) in [7, 11) is 0. The third-order valence-corrected chi connectivity index (χ3v) is 1.78. The van der Waals surface area contributed by atoms with Gasteiger partial charge in [0.2, 0.25) is 0 Å². The van der Waals surface area contributed by atoms with E-state index in [2.05, 4.69) is 5.32 Å². The molecule has 0 aliphatic carbocycles. The third kappa shape index (κ3) is 1.68. The highest BCUT2D eigenvalue weighted by molar-refractivity contribution is 5.73. The molecule has 0 amide bonds. The largest absolute Gasteiger partial charge is 0.480 e. The number of carbonyl (C=O) groups is 1. The van der Waals surface area contributed by atoms with Gasteiger partial charge >= 0.3 is 5.97 Å². The van der Waals surface area contributed by atoms with Gasteiger partial charge in [-0.05, 0) is 19.4 Å². The van der Waals surface area contributed by atoms with E-state index in [1.165, 1.54) is 0 Å². The van der Waals surface area contributed by atoms with Crippen LogP contribution in [0.4, 0.5) is 0 Å². The minimum atomic E-state index is -0.909. The number of carboxylic acid groups (broad SMARTS) is 1. The Balaban J connectivity index is 2.16. The van der Waals surface area contributed by atoms with Crippen LogP contribution < -0.4 is 11.1 Å². The lowest BCUT2D eigenvalue weighted by Gasteiger charge is -2.28. The van der Waals surface area contributed by atoms with E-state index in [0.29, 0.717) is 12.5 Å². The predicted molar refractivity (Wildman–Crippen MR) is 36.6 cm³/mol. The van der Waals surface area contributed by atoms with Crippen LogP contribution >= 0.6 is 0 Å². The molecular weight excluding hydrogens is 132 g/mol. The van der Waals surface area contributed by atoms with Crippen LogP contribution in [-0.4, -0.2) is 29.7 Å². The smallest absolute Gasteiger partial charge is 0.320 e. The summed E-state index contributed by atoms with van der Waals surface area (Å²) in [6.45, 7) is 0.997. The molecule has 2 unspecified atom stereocenters. The molecule has 1 heterocycles. The van der Waals surface area contributed by atoms with Crippen LogP contribution in [0.3, 0.4) is 0 Å². The van der Waals surface area contributed by atoms with Crippen molar-refractivity contribution in [1.82, 2.24) is 5.32 Å². The summed E-state index contributed by atoms with van der Waals surface area (Å²) in [6, 6.07) is -0.358. The summed E-state index contributed by atoms with van der Waals surface area (Å²) in [5.74, 6) is -0.909. The van der Waals surface area contributed by atoms with Crippen LogP contribution in [0.5, 0.6) is 0 Å². The Morgan fingerprint density at radius 1 is 1.90 bits per heavy atom. The van der Waals surface area contributed by atoms with Crippen molar-refractivity contribution < 1.29 is 9.90 Å². The van der Waals surface area contributed by atoms with Crippen molar-refractivity contribution in [2.45, 2.75) is 24.9 Å². The molecule has 4 nitrogen and oxygen atoms in total.